The van der Waals surface area contributed by atoms with E-state index in [1.54, 1.807) is 60.8 Å². The van der Waals surface area contributed by atoms with Crippen molar-refractivity contribution in [1.29, 1.82) is 0 Å². The average Bonchev–Trinajstić information content (AvgIpc) is 2.93. The third-order valence-electron chi connectivity index (χ3n) is 5.74. The molecule has 0 spiro atoms. The highest BCUT2D eigenvalue weighted by Gasteiger charge is 2.19. The van der Waals surface area contributed by atoms with Gasteiger partial charge in [-0.05, 0) is 87.2 Å². The SMILES string of the molecule is C#Cc1ccc(NC(=O)c2cc(C#C)ccc2N(C=O)c2ccc(C=NN(C)CCCN(C)C)cc2)cc1. The van der Waals surface area contributed by atoms with Crippen LogP contribution < -0.4 is 10.2 Å². The average molecular weight is 506 g/mol. The van der Waals surface area contributed by atoms with E-state index >= 15 is 0 Å². The number of benzene rings is 3. The third-order valence-corrected chi connectivity index (χ3v) is 5.74. The van der Waals surface area contributed by atoms with Crippen LogP contribution in [0.5, 0.6) is 0 Å². The van der Waals surface area contributed by atoms with E-state index in [0.29, 0.717) is 34.6 Å². The van der Waals surface area contributed by atoms with Crippen molar-refractivity contribution in [2.24, 2.45) is 5.10 Å². The van der Waals surface area contributed by atoms with Gasteiger partial charge in [-0.3, -0.25) is 14.5 Å². The minimum atomic E-state index is -0.404. The lowest BCUT2D eigenvalue weighted by atomic mass is 10.1. The second-order valence-corrected chi connectivity index (χ2v) is 8.90. The summed E-state index contributed by atoms with van der Waals surface area (Å²) < 4.78 is 0. The molecule has 0 saturated carbocycles. The molecule has 192 valence electrons. The van der Waals surface area contributed by atoms with Gasteiger partial charge in [0.1, 0.15) is 0 Å². The zero-order valence-electron chi connectivity index (χ0n) is 21.9. The summed E-state index contributed by atoms with van der Waals surface area (Å²) in [4.78, 5) is 29.0. The Morgan fingerprint density at radius 1 is 0.921 bits per heavy atom. The Morgan fingerprint density at radius 2 is 1.58 bits per heavy atom. The Bertz CT molecular complexity index is 1360. The fourth-order valence-corrected chi connectivity index (χ4v) is 3.68. The molecule has 0 radical (unpaired) electrons. The van der Waals surface area contributed by atoms with Crippen LogP contribution in [0.1, 0.15) is 33.5 Å². The molecule has 3 aromatic carbocycles. The van der Waals surface area contributed by atoms with E-state index in [0.717, 1.165) is 25.1 Å². The number of carbonyl (C=O) groups is 2. The largest absolute Gasteiger partial charge is 0.322 e. The number of anilines is 3. The van der Waals surface area contributed by atoms with E-state index < -0.39 is 5.91 Å². The Labute approximate surface area is 224 Å². The molecule has 0 unspecified atom stereocenters. The number of nitrogens with one attached hydrogen (secondary N) is 1. The second kappa shape index (κ2) is 13.5. The molecular formula is C31H31N5O2. The molecule has 0 aliphatic heterocycles. The van der Waals surface area contributed by atoms with E-state index in [2.05, 4.69) is 27.2 Å². The summed E-state index contributed by atoms with van der Waals surface area (Å²) in [7, 11) is 6.03. The molecule has 2 amide bonds. The third kappa shape index (κ3) is 7.57. The van der Waals surface area contributed by atoms with Crippen LogP contribution in [0.2, 0.25) is 0 Å². The zero-order valence-corrected chi connectivity index (χ0v) is 21.9. The van der Waals surface area contributed by atoms with E-state index in [4.69, 9.17) is 12.8 Å². The summed E-state index contributed by atoms with van der Waals surface area (Å²) in [6, 6.07) is 19.2. The smallest absolute Gasteiger partial charge is 0.257 e. The quantitative estimate of drug-likeness (QED) is 0.181. The lowest BCUT2D eigenvalue weighted by molar-refractivity contribution is -0.106. The van der Waals surface area contributed by atoms with Crippen molar-refractivity contribution >= 4 is 35.6 Å². The van der Waals surface area contributed by atoms with E-state index in [1.165, 1.54) is 4.90 Å². The highest BCUT2D eigenvalue weighted by molar-refractivity contribution is 6.10. The van der Waals surface area contributed by atoms with E-state index in [9.17, 15) is 9.59 Å². The second-order valence-electron chi connectivity index (χ2n) is 8.90. The van der Waals surface area contributed by atoms with Gasteiger partial charge in [-0.1, -0.05) is 24.0 Å². The van der Waals surface area contributed by atoms with Gasteiger partial charge in [-0.25, -0.2) is 0 Å². The van der Waals surface area contributed by atoms with Gasteiger partial charge in [0.2, 0.25) is 6.41 Å². The molecule has 0 aromatic heterocycles. The molecule has 0 heterocycles. The molecule has 7 nitrogen and oxygen atoms in total. The predicted octanol–water partition coefficient (Wildman–Crippen LogP) is 4.41. The van der Waals surface area contributed by atoms with Gasteiger partial charge in [-0.15, -0.1) is 12.8 Å². The standard InChI is InChI=1S/C31H31N5O2/c1-6-24-9-14-27(15-10-24)33-31(38)29-21-25(7-2)13-18-30(29)36(23-37)28-16-11-26(12-17-28)22-32-35(5)20-8-19-34(3)4/h1-2,9-18,21-23H,8,19-20H2,3-5H3,(H,33,38). The number of hydrogen-bond donors (Lipinski definition) is 1. The van der Waals surface area contributed by atoms with E-state index in [1.807, 2.05) is 38.3 Å². The van der Waals surface area contributed by atoms with Crippen LogP contribution in [0.3, 0.4) is 0 Å². The molecule has 0 bridgehead atoms. The van der Waals surface area contributed by atoms with Crippen molar-refractivity contribution in [1.82, 2.24) is 9.91 Å². The van der Waals surface area contributed by atoms with Gasteiger partial charge in [0, 0.05) is 36.1 Å². The zero-order chi connectivity index (χ0) is 27.5. The fourth-order valence-electron chi connectivity index (χ4n) is 3.68. The van der Waals surface area contributed by atoms with Crippen LogP contribution in [0.15, 0.2) is 71.8 Å². The fraction of sp³-hybridized carbons (Fsp3) is 0.194. The summed E-state index contributed by atoms with van der Waals surface area (Å²) in [6.07, 6.45) is 14.4. The molecule has 1 N–H and O–H groups in total. The normalized spacial score (nSPS) is 10.6. The number of rotatable bonds is 11. The maximum atomic E-state index is 13.2. The first-order valence-corrected chi connectivity index (χ1v) is 12.1. The number of nitrogens with zero attached hydrogens (tertiary/aromatic N) is 4. The molecular weight excluding hydrogens is 474 g/mol. The first-order valence-electron chi connectivity index (χ1n) is 12.1. The molecule has 3 aromatic rings. The predicted molar refractivity (Wildman–Crippen MR) is 155 cm³/mol. The maximum Gasteiger partial charge on any atom is 0.257 e. The Hall–Kier alpha value is -4.85. The van der Waals surface area contributed by atoms with Crippen LogP contribution in [0.4, 0.5) is 17.1 Å². The van der Waals surface area contributed by atoms with E-state index in [-0.39, 0.29) is 5.56 Å². The van der Waals surface area contributed by atoms with Crippen LogP contribution in [-0.2, 0) is 4.79 Å². The Kier molecular flexibility index (Phi) is 9.82. The van der Waals surface area contributed by atoms with Crippen molar-refractivity contribution in [2.75, 3.05) is 44.4 Å². The summed E-state index contributed by atoms with van der Waals surface area (Å²) in [5, 5.41) is 9.22. The first-order chi connectivity index (χ1) is 18.3. The van der Waals surface area contributed by atoms with Crippen LogP contribution in [0, 0.1) is 24.7 Å². The van der Waals surface area contributed by atoms with Crippen molar-refractivity contribution < 1.29 is 9.59 Å². The topological polar surface area (TPSA) is 68.2 Å². The summed E-state index contributed by atoms with van der Waals surface area (Å²) in [5.74, 6) is 4.68. The lowest BCUT2D eigenvalue weighted by Gasteiger charge is -2.21. The number of terminal acetylenes is 2. The summed E-state index contributed by atoms with van der Waals surface area (Å²) in [6.45, 7) is 1.84. The van der Waals surface area contributed by atoms with Crippen molar-refractivity contribution in [3.63, 3.8) is 0 Å². The van der Waals surface area contributed by atoms with Gasteiger partial charge < -0.3 is 15.2 Å². The Morgan fingerprint density at radius 3 is 2.18 bits per heavy atom. The molecule has 0 aliphatic rings. The van der Waals surface area contributed by atoms with Crippen molar-refractivity contribution in [3.8, 4) is 24.7 Å². The highest BCUT2D eigenvalue weighted by atomic mass is 16.2. The number of hydrazone groups is 1. The first kappa shape index (κ1) is 27.7. The van der Waals surface area contributed by atoms with Gasteiger partial charge in [0.15, 0.2) is 0 Å². The molecule has 0 fully saturated rings. The van der Waals surface area contributed by atoms with Gasteiger partial charge in [0.25, 0.3) is 5.91 Å². The molecule has 38 heavy (non-hydrogen) atoms. The van der Waals surface area contributed by atoms with Crippen LogP contribution in [-0.4, -0.2) is 62.7 Å². The minimum absolute atomic E-state index is 0.263. The maximum absolute atomic E-state index is 13.2. The number of amides is 2. The number of hydrogen-bond acceptors (Lipinski definition) is 5. The summed E-state index contributed by atoms with van der Waals surface area (Å²) >= 11 is 0. The van der Waals surface area contributed by atoms with Crippen molar-refractivity contribution in [3.05, 3.63) is 89.0 Å². The summed E-state index contributed by atoms with van der Waals surface area (Å²) in [5.41, 5.74) is 3.94. The van der Waals surface area contributed by atoms with Gasteiger partial charge in [-0.2, -0.15) is 5.10 Å². The van der Waals surface area contributed by atoms with Crippen molar-refractivity contribution in [2.45, 2.75) is 6.42 Å². The molecule has 0 atom stereocenters. The molecule has 0 aliphatic carbocycles. The van der Waals surface area contributed by atoms with Crippen LogP contribution in [0.25, 0.3) is 0 Å². The Balaban J connectivity index is 1.81. The van der Waals surface area contributed by atoms with Crippen LogP contribution >= 0.6 is 0 Å². The number of carbonyl (C=O) groups excluding carboxylic acids is 2. The molecule has 3 rings (SSSR count). The highest BCUT2D eigenvalue weighted by Crippen LogP contribution is 2.29. The van der Waals surface area contributed by atoms with Gasteiger partial charge in [0.05, 0.1) is 17.5 Å². The monoisotopic (exact) mass is 505 g/mol. The van der Waals surface area contributed by atoms with Gasteiger partial charge >= 0.3 is 0 Å². The molecule has 7 heteroatoms. The minimum Gasteiger partial charge on any atom is -0.322 e. The lowest BCUT2D eigenvalue weighted by Crippen LogP contribution is -2.21. The molecule has 0 saturated heterocycles.